The first kappa shape index (κ1) is 22.5. The summed E-state index contributed by atoms with van der Waals surface area (Å²) in [7, 11) is 0. The Morgan fingerprint density at radius 3 is 2.64 bits per heavy atom. The van der Waals surface area contributed by atoms with E-state index < -0.39 is 11.8 Å². The number of halogens is 1. The first-order chi connectivity index (χ1) is 16.0. The van der Waals surface area contributed by atoms with Crippen LogP contribution >= 0.6 is 0 Å². The quantitative estimate of drug-likeness (QED) is 0.322. The third-order valence-electron chi connectivity index (χ3n) is 5.71. The summed E-state index contributed by atoms with van der Waals surface area (Å²) in [4.78, 5) is 11.5. The largest absolute Gasteiger partial charge is 0.494 e. The zero-order valence-electron chi connectivity index (χ0n) is 18.6. The van der Waals surface area contributed by atoms with E-state index in [1.165, 1.54) is 12.1 Å². The van der Waals surface area contributed by atoms with E-state index in [0.29, 0.717) is 18.7 Å². The number of carboxylic acid groups (broad SMARTS) is 1. The van der Waals surface area contributed by atoms with E-state index >= 15 is 0 Å². The summed E-state index contributed by atoms with van der Waals surface area (Å²) in [5.41, 5.74) is 3.40. The molecule has 0 amide bonds. The van der Waals surface area contributed by atoms with E-state index in [1.54, 1.807) is 6.07 Å². The van der Waals surface area contributed by atoms with Gasteiger partial charge in [0.05, 0.1) is 12.2 Å². The smallest absolute Gasteiger partial charge is 0.338 e. The maximum absolute atomic E-state index is 14.0. The maximum Gasteiger partial charge on any atom is 0.338 e. The average Bonchev–Trinajstić information content (AvgIpc) is 2.82. The number of carboxylic acids is 1. The van der Waals surface area contributed by atoms with Gasteiger partial charge in [-0.25, -0.2) is 9.18 Å². The van der Waals surface area contributed by atoms with Crippen molar-refractivity contribution in [3.8, 4) is 16.9 Å². The number of aromatic carboxylic acids is 1. The van der Waals surface area contributed by atoms with Crippen molar-refractivity contribution in [3.63, 3.8) is 0 Å². The zero-order chi connectivity index (χ0) is 23.4. The molecule has 2 N–H and O–H groups in total. The molecule has 5 heteroatoms. The predicted molar refractivity (Wildman–Crippen MR) is 129 cm³/mol. The van der Waals surface area contributed by atoms with Crippen molar-refractivity contribution in [2.75, 3.05) is 6.61 Å². The molecule has 0 aromatic heterocycles. The summed E-state index contributed by atoms with van der Waals surface area (Å²) in [6.45, 7) is 5.31. The summed E-state index contributed by atoms with van der Waals surface area (Å²) in [5, 5.41) is 14.9. The van der Waals surface area contributed by atoms with Crippen molar-refractivity contribution in [1.29, 1.82) is 0 Å². The normalized spacial score (nSPS) is 12.0. The topological polar surface area (TPSA) is 58.6 Å². The molecule has 33 heavy (non-hydrogen) atoms. The molecule has 0 aliphatic carbocycles. The predicted octanol–water partition coefficient (Wildman–Crippen LogP) is 6.59. The molecule has 4 rings (SSSR count). The minimum atomic E-state index is -1.28. The highest BCUT2D eigenvalue weighted by Gasteiger charge is 2.14. The van der Waals surface area contributed by atoms with Gasteiger partial charge in [-0.1, -0.05) is 42.5 Å². The summed E-state index contributed by atoms with van der Waals surface area (Å²) < 4.78 is 19.6. The lowest BCUT2D eigenvalue weighted by Gasteiger charge is -2.17. The van der Waals surface area contributed by atoms with Gasteiger partial charge in [0.1, 0.15) is 11.6 Å². The van der Waals surface area contributed by atoms with E-state index in [4.69, 9.17) is 4.74 Å². The summed E-state index contributed by atoms with van der Waals surface area (Å²) in [5.74, 6) is -1.17. The van der Waals surface area contributed by atoms with Gasteiger partial charge >= 0.3 is 5.97 Å². The first-order valence-corrected chi connectivity index (χ1v) is 11.0. The highest BCUT2D eigenvalue weighted by molar-refractivity contribution is 5.98. The highest BCUT2D eigenvalue weighted by atomic mass is 19.1. The second kappa shape index (κ2) is 9.84. The van der Waals surface area contributed by atoms with Crippen LogP contribution in [0.3, 0.4) is 0 Å². The van der Waals surface area contributed by atoms with Crippen LogP contribution < -0.4 is 10.1 Å². The van der Waals surface area contributed by atoms with Gasteiger partial charge in [-0.2, -0.15) is 0 Å². The average molecular weight is 444 g/mol. The Morgan fingerprint density at radius 1 is 1.03 bits per heavy atom. The lowest BCUT2D eigenvalue weighted by Crippen LogP contribution is -2.18. The molecule has 0 spiro atoms. The molecule has 0 heterocycles. The third-order valence-corrected chi connectivity index (χ3v) is 5.71. The van der Waals surface area contributed by atoms with Crippen LogP contribution in [0.1, 0.15) is 41.4 Å². The fraction of sp³-hybridized carbons (Fsp3) is 0.179. The summed E-state index contributed by atoms with van der Waals surface area (Å²) in [6.07, 6.45) is 0. The molecule has 0 saturated heterocycles. The molecular weight excluding hydrogens is 417 g/mol. The SMILES string of the molecule is CCOc1cccc(C(C)NCc2cc(-c3ccc(F)c(C(=O)O)c3)c3ccccc3c2)c1. The van der Waals surface area contributed by atoms with Crippen molar-refractivity contribution < 1.29 is 19.0 Å². The molecule has 168 valence electrons. The number of rotatable bonds is 8. The number of ether oxygens (including phenoxy) is 1. The van der Waals surface area contributed by atoms with Crippen LogP contribution in [0.25, 0.3) is 21.9 Å². The van der Waals surface area contributed by atoms with Crippen LogP contribution in [-0.4, -0.2) is 17.7 Å². The summed E-state index contributed by atoms with van der Waals surface area (Å²) in [6, 6.07) is 24.5. The molecule has 0 fully saturated rings. The van der Waals surface area contributed by atoms with Gasteiger partial charge in [-0.3, -0.25) is 0 Å². The Balaban J connectivity index is 1.65. The minimum absolute atomic E-state index is 0.102. The minimum Gasteiger partial charge on any atom is -0.494 e. The third kappa shape index (κ3) is 5.04. The van der Waals surface area contributed by atoms with E-state index in [2.05, 4.69) is 24.4 Å². The highest BCUT2D eigenvalue weighted by Crippen LogP contribution is 2.32. The Bertz CT molecular complexity index is 1300. The second-order valence-corrected chi connectivity index (χ2v) is 7.97. The Kier molecular flexibility index (Phi) is 6.71. The molecule has 0 radical (unpaired) electrons. The lowest BCUT2D eigenvalue weighted by molar-refractivity contribution is 0.0692. The number of nitrogens with one attached hydrogen (secondary N) is 1. The lowest BCUT2D eigenvalue weighted by atomic mass is 9.94. The molecule has 0 aliphatic rings. The fourth-order valence-corrected chi connectivity index (χ4v) is 4.00. The number of hydrogen-bond donors (Lipinski definition) is 2. The van der Waals surface area contributed by atoms with Crippen LogP contribution in [0, 0.1) is 5.82 Å². The van der Waals surface area contributed by atoms with Gasteiger partial charge in [0.2, 0.25) is 0 Å². The van der Waals surface area contributed by atoms with Gasteiger partial charge in [0, 0.05) is 12.6 Å². The number of benzene rings is 4. The maximum atomic E-state index is 14.0. The van der Waals surface area contributed by atoms with Crippen LogP contribution in [-0.2, 0) is 6.54 Å². The number of hydrogen-bond acceptors (Lipinski definition) is 3. The molecule has 4 aromatic rings. The molecule has 1 unspecified atom stereocenters. The monoisotopic (exact) mass is 443 g/mol. The second-order valence-electron chi connectivity index (χ2n) is 7.97. The standard InChI is InChI=1S/C28H26FNO3/c1-3-33-23-9-6-8-20(15-23)18(2)30-17-19-13-21-7-4-5-10-24(21)25(14-19)22-11-12-27(29)26(16-22)28(31)32/h4-16,18,30H,3,17H2,1-2H3,(H,31,32). The van der Waals surface area contributed by atoms with Gasteiger partial charge in [0.15, 0.2) is 0 Å². The zero-order valence-corrected chi connectivity index (χ0v) is 18.6. The molecule has 4 nitrogen and oxygen atoms in total. The van der Waals surface area contributed by atoms with Crippen LogP contribution in [0.5, 0.6) is 5.75 Å². The molecule has 1 atom stereocenters. The first-order valence-electron chi connectivity index (χ1n) is 11.0. The molecule has 4 aromatic carbocycles. The molecule has 0 bridgehead atoms. The van der Waals surface area contributed by atoms with Crippen molar-refractivity contribution in [3.05, 3.63) is 101 Å². The van der Waals surface area contributed by atoms with Gasteiger partial charge in [-0.15, -0.1) is 0 Å². The van der Waals surface area contributed by atoms with Gasteiger partial charge in [-0.05, 0) is 83.3 Å². The van der Waals surface area contributed by atoms with Gasteiger partial charge in [0.25, 0.3) is 0 Å². The van der Waals surface area contributed by atoms with Crippen LogP contribution in [0.4, 0.5) is 4.39 Å². The Labute approximate surface area is 192 Å². The van der Waals surface area contributed by atoms with Crippen molar-refractivity contribution >= 4 is 16.7 Å². The van der Waals surface area contributed by atoms with E-state index in [-0.39, 0.29) is 11.6 Å². The fourth-order valence-electron chi connectivity index (χ4n) is 4.00. The van der Waals surface area contributed by atoms with E-state index in [1.807, 2.05) is 55.5 Å². The van der Waals surface area contributed by atoms with Crippen molar-refractivity contribution in [1.82, 2.24) is 5.32 Å². The van der Waals surface area contributed by atoms with E-state index in [9.17, 15) is 14.3 Å². The van der Waals surface area contributed by atoms with Crippen molar-refractivity contribution in [2.45, 2.75) is 26.4 Å². The molecule has 0 saturated carbocycles. The van der Waals surface area contributed by atoms with Crippen LogP contribution in [0.2, 0.25) is 0 Å². The Morgan fingerprint density at radius 2 is 1.85 bits per heavy atom. The molecule has 0 aliphatic heterocycles. The summed E-state index contributed by atoms with van der Waals surface area (Å²) >= 11 is 0. The number of fused-ring (bicyclic) bond motifs is 1. The van der Waals surface area contributed by atoms with Gasteiger partial charge < -0.3 is 15.2 Å². The Hall–Kier alpha value is -3.70. The molecular formula is C28H26FNO3. The van der Waals surface area contributed by atoms with Crippen LogP contribution in [0.15, 0.2) is 78.9 Å². The number of carbonyl (C=O) groups is 1. The van der Waals surface area contributed by atoms with E-state index in [0.717, 1.165) is 33.2 Å². The van der Waals surface area contributed by atoms with Crippen molar-refractivity contribution in [2.24, 2.45) is 0 Å².